The Bertz CT molecular complexity index is 595. The summed E-state index contributed by atoms with van der Waals surface area (Å²) in [6.45, 7) is 0.744. The van der Waals surface area contributed by atoms with Crippen molar-refractivity contribution >= 4 is 5.69 Å². The summed E-state index contributed by atoms with van der Waals surface area (Å²) in [4.78, 5) is 4.23. The molecule has 0 radical (unpaired) electrons. The van der Waals surface area contributed by atoms with Crippen LogP contribution in [0.15, 0.2) is 36.5 Å². The van der Waals surface area contributed by atoms with Crippen molar-refractivity contribution in [2.75, 3.05) is 12.4 Å². The predicted octanol–water partition coefficient (Wildman–Crippen LogP) is 3.58. The number of benzene rings is 1. The fraction of sp³-hybridized carbons (Fsp3) is 0.353. The Hall–Kier alpha value is -2.03. The molecule has 0 spiro atoms. The first-order valence-corrected chi connectivity index (χ1v) is 7.21. The fourth-order valence-electron chi connectivity index (χ4n) is 2.88. The van der Waals surface area contributed by atoms with Gasteiger partial charge in [-0.05, 0) is 48.9 Å². The van der Waals surface area contributed by atoms with Crippen molar-refractivity contribution in [1.82, 2.24) is 4.98 Å². The molecule has 0 bridgehead atoms. The number of aromatic nitrogens is 1. The monoisotopic (exact) mass is 268 g/mol. The molecule has 1 aliphatic rings. The van der Waals surface area contributed by atoms with Crippen LogP contribution in [0.3, 0.4) is 0 Å². The molecule has 2 aromatic rings. The summed E-state index contributed by atoms with van der Waals surface area (Å²) in [6, 6.07) is 10.6. The van der Waals surface area contributed by atoms with Crippen LogP contribution in [-0.2, 0) is 19.4 Å². The highest BCUT2D eigenvalue weighted by atomic mass is 16.5. The van der Waals surface area contributed by atoms with Gasteiger partial charge in [0.1, 0.15) is 0 Å². The number of hydrogen-bond acceptors (Lipinski definition) is 3. The Morgan fingerprint density at radius 3 is 2.95 bits per heavy atom. The van der Waals surface area contributed by atoms with E-state index in [-0.39, 0.29) is 0 Å². The highest BCUT2D eigenvalue weighted by Crippen LogP contribution is 2.28. The SMILES string of the molecule is COc1ncccc1CNc1cccc2c1CCCC2. The van der Waals surface area contributed by atoms with Crippen LogP contribution in [0.25, 0.3) is 0 Å². The quantitative estimate of drug-likeness (QED) is 0.920. The number of rotatable bonds is 4. The zero-order valence-electron chi connectivity index (χ0n) is 11.9. The number of ether oxygens (including phenoxy) is 1. The highest BCUT2D eigenvalue weighted by molar-refractivity contribution is 5.56. The average molecular weight is 268 g/mol. The van der Waals surface area contributed by atoms with Gasteiger partial charge in [0.15, 0.2) is 0 Å². The summed E-state index contributed by atoms with van der Waals surface area (Å²) in [7, 11) is 1.66. The molecular formula is C17H20N2O. The Balaban J connectivity index is 1.79. The van der Waals surface area contributed by atoms with E-state index in [2.05, 4.69) is 28.5 Å². The Morgan fingerprint density at radius 2 is 2.05 bits per heavy atom. The number of anilines is 1. The first-order valence-electron chi connectivity index (χ1n) is 7.21. The molecule has 0 amide bonds. The molecule has 0 saturated heterocycles. The first-order chi connectivity index (χ1) is 9.88. The molecule has 0 fully saturated rings. The van der Waals surface area contributed by atoms with E-state index in [1.165, 1.54) is 42.5 Å². The summed E-state index contributed by atoms with van der Waals surface area (Å²) in [5.41, 5.74) is 5.33. The molecule has 3 heteroatoms. The lowest BCUT2D eigenvalue weighted by molar-refractivity contribution is 0.393. The van der Waals surface area contributed by atoms with E-state index in [4.69, 9.17) is 4.74 Å². The van der Waals surface area contributed by atoms with Gasteiger partial charge in [0, 0.05) is 24.0 Å². The van der Waals surface area contributed by atoms with Crippen LogP contribution in [0.2, 0.25) is 0 Å². The Kier molecular flexibility index (Phi) is 3.86. The maximum atomic E-state index is 5.30. The fourth-order valence-corrected chi connectivity index (χ4v) is 2.88. The summed E-state index contributed by atoms with van der Waals surface area (Å²) in [5.74, 6) is 0.699. The summed E-state index contributed by atoms with van der Waals surface area (Å²) >= 11 is 0. The number of methoxy groups -OCH3 is 1. The number of nitrogens with one attached hydrogen (secondary N) is 1. The molecule has 0 unspecified atom stereocenters. The van der Waals surface area contributed by atoms with Gasteiger partial charge in [0.2, 0.25) is 5.88 Å². The normalized spacial score (nSPS) is 13.7. The molecule has 3 rings (SSSR count). The molecule has 1 aromatic carbocycles. The Labute approximate surface area is 120 Å². The molecule has 0 aliphatic heterocycles. The van der Waals surface area contributed by atoms with E-state index in [1.807, 2.05) is 12.1 Å². The smallest absolute Gasteiger partial charge is 0.218 e. The van der Waals surface area contributed by atoms with Gasteiger partial charge >= 0.3 is 0 Å². The molecule has 0 saturated carbocycles. The minimum atomic E-state index is 0.699. The zero-order chi connectivity index (χ0) is 13.8. The van der Waals surface area contributed by atoms with E-state index in [0.717, 1.165) is 12.1 Å². The number of pyridine rings is 1. The van der Waals surface area contributed by atoms with Crippen molar-refractivity contribution in [2.45, 2.75) is 32.2 Å². The van der Waals surface area contributed by atoms with Gasteiger partial charge in [-0.2, -0.15) is 0 Å². The van der Waals surface area contributed by atoms with Gasteiger partial charge in [0.25, 0.3) is 0 Å². The highest BCUT2D eigenvalue weighted by Gasteiger charge is 2.13. The van der Waals surface area contributed by atoms with Crippen LogP contribution >= 0.6 is 0 Å². The predicted molar refractivity (Wildman–Crippen MR) is 81.2 cm³/mol. The third kappa shape index (κ3) is 2.62. The van der Waals surface area contributed by atoms with Gasteiger partial charge < -0.3 is 10.1 Å². The minimum Gasteiger partial charge on any atom is -0.481 e. The van der Waals surface area contributed by atoms with Crippen molar-refractivity contribution in [3.8, 4) is 5.88 Å². The number of fused-ring (bicyclic) bond motifs is 1. The molecule has 104 valence electrons. The lowest BCUT2D eigenvalue weighted by atomic mass is 9.90. The average Bonchev–Trinajstić information content (AvgIpc) is 2.53. The van der Waals surface area contributed by atoms with E-state index >= 15 is 0 Å². The van der Waals surface area contributed by atoms with Crippen LogP contribution in [0, 0.1) is 0 Å². The molecule has 1 aliphatic carbocycles. The first kappa shape index (κ1) is 13.0. The molecule has 1 aromatic heterocycles. The minimum absolute atomic E-state index is 0.699. The van der Waals surface area contributed by atoms with E-state index in [0.29, 0.717) is 5.88 Å². The second-order valence-electron chi connectivity index (χ2n) is 5.18. The molecule has 0 atom stereocenters. The van der Waals surface area contributed by atoms with Crippen molar-refractivity contribution in [3.05, 3.63) is 53.2 Å². The zero-order valence-corrected chi connectivity index (χ0v) is 11.9. The third-order valence-corrected chi connectivity index (χ3v) is 3.91. The van der Waals surface area contributed by atoms with Gasteiger partial charge in [-0.1, -0.05) is 18.2 Å². The number of aryl methyl sites for hydroxylation is 1. The lowest BCUT2D eigenvalue weighted by Gasteiger charge is -2.20. The van der Waals surface area contributed by atoms with Gasteiger partial charge in [-0.3, -0.25) is 0 Å². The molecule has 1 heterocycles. The van der Waals surface area contributed by atoms with Gasteiger partial charge in [0.05, 0.1) is 7.11 Å². The second kappa shape index (κ2) is 5.95. The molecule has 3 nitrogen and oxygen atoms in total. The largest absolute Gasteiger partial charge is 0.481 e. The van der Waals surface area contributed by atoms with Crippen molar-refractivity contribution < 1.29 is 4.74 Å². The van der Waals surface area contributed by atoms with Crippen LogP contribution in [0.1, 0.15) is 29.5 Å². The van der Waals surface area contributed by atoms with Crippen LogP contribution in [0.5, 0.6) is 5.88 Å². The summed E-state index contributed by atoms with van der Waals surface area (Å²) in [6.07, 6.45) is 6.76. The number of nitrogens with zero attached hydrogens (tertiary/aromatic N) is 1. The van der Waals surface area contributed by atoms with E-state index in [9.17, 15) is 0 Å². The van der Waals surface area contributed by atoms with Gasteiger partial charge in [-0.15, -0.1) is 0 Å². The molecular weight excluding hydrogens is 248 g/mol. The van der Waals surface area contributed by atoms with E-state index in [1.54, 1.807) is 13.3 Å². The third-order valence-electron chi connectivity index (χ3n) is 3.91. The van der Waals surface area contributed by atoms with Crippen molar-refractivity contribution in [3.63, 3.8) is 0 Å². The standard InChI is InChI=1S/C17H20N2O/c1-20-17-14(8-5-11-18-17)12-19-16-10-4-7-13-6-2-3-9-15(13)16/h4-5,7-8,10-11,19H,2-3,6,9,12H2,1H3. The maximum absolute atomic E-state index is 5.30. The topological polar surface area (TPSA) is 34.1 Å². The van der Waals surface area contributed by atoms with Crippen LogP contribution in [0.4, 0.5) is 5.69 Å². The van der Waals surface area contributed by atoms with Crippen molar-refractivity contribution in [2.24, 2.45) is 0 Å². The summed E-state index contributed by atoms with van der Waals surface area (Å²) in [5, 5.41) is 3.54. The van der Waals surface area contributed by atoms with Gasteiger partial charge in [-0.25, -0.2) is 4.98 Å². The number of hydrogen-bond donors (Lipinski definition) is 1. The lowest BCUT2D eigenvalue weighted by Crippen LogP contribution is -2.09. The molecule has 1 N–H and O–H groups in total. The molecule has 20 heavy (non-hydrogen) atoms. The van der Waals surface area contributed by atoms with Crippen LogP contribution < -0.4 is 10.1 Å². The van der Waals surface area contributed by atoms with Crippen molar-refractivity contribution in [1.29, 1.82) is 0 Å². The second-order valence-corrected chi connectivity index (χ2v) is 5.18. The van der Waals surface area contributed by atoms with Crippen LogP contribution in [-0.4, -0.2) is 12.1 Å². The summed E-state index contributed by atoms with van der Waals surface area (Å²) < 4.78 is 5.30. The van der Waals surface area contributed by atoms with E-state index < -0.39 is 0 Å². The Morgan fingerprint density at radius 1 is 1.15 bits per heavy atom. The maximum Gasteiger partial charge on any atom is 0.218 e.